The van der Waals surface area contributed by atoms with Crippen LogP contribution < -0.4 is 11.1 Å². The number of halogens is 2. The molecular weight excluding hydrogens is 387 g/mol. The fourth-order valence-corrected chi connectivity index (χ4v) is 3.59. The first kappa shape index (κ1) is 19.6. The highest BCUT2D eigenvalue weighted by Crippen LogP contribution is 2.21. The molecule has 27 heavy (non-hydrogen) atoms. The fourth-order valence-electron chi connectivity index (χ4n) is 3.16. The molecular formula is C19H20Cl2N4O2. The lowest BCUT2D eigenvalue weighted by Crippen LogP contribution is -2.40. The Bertz CT molecular complexity index is 842. The number of amides is 2. The van der Waals surface area contributed by atoms with Gasteiger partial charge in [0.15, 0.2) is 0 Å². The first-order valence-electron chi connectivity index (χ1n) is 8.66. The minimum absolute atomic E-state index is 0.0609. The van der Waals surface area contributed by atoms with Crippen molar-refractivity contribution in [2.24, 2.45) is 11.7 Å². The van der Waals surface area contributed by atoms with Crippen molar-refractivity contribution in [3.05, 3.63) is 57.8 Å². The molecule has 2 aromatic rings. The highest BCUT2D eigenvalue weighted by atomic mass is 35.5. The number of pyridine rings is 1. The van der Waals surface area contributed by atoms with E-state index in [-0.39, 0.29) is 33.6 Å². The summed E-state index contributed by atoms with van der Waals surface area (Å²) in [4.78, 5) is 29.8. The molecule has 1 aromatic heterocycles. The molecule has 1 fully saturated rings. The number of piperidine rings is 1. The zero-order valence-electron chi connectivity index (χ0n) is 14.6. The Kier molecular flexibility index (Phi) is 6.31. The summed E-state index contributed by atoms with van der Waals surface area (Å²) in [7, 11) is 0. The summed E-state index contributed by atoms with van der Waals surface area (Å²) in [5, 5.41) is 3.08. The number of rotatable bonds is 5. The molecule has 0 aliphatic carbocycles. The summed E-state index contributed by atoms with van der Waals surface area (Å²) in [5.41, 5.74) is 7.45. The van der Waals surface area contributed by atoms with E-state index in [1.54, 1.807) is 0 Å². The molecule has 3 rings (SSSR count). The number of hydrogen-bond donors (Lipinski definition) is 2. The number of carbonyl (C=O) groups excluding carboxylic acids is 2. The molecule has 2 heterocycles. The van der Waals surface area contributed by atoms with Gasteiger partial charge in [0, 0.05) is 18.8 Å². The smallest absolute Gasteiger partial charge is 0.258 e. The third-order valence-corrected chi connectivity index (χ3v) is 5.08. The van der Waals surface area contributed by atoms with Gasteiger partial charge in [-0.05, 0) is 49.2 Å². The van der Waals surface area contributed by atoms with Crippen molar-refractivity contribution in [2.45, 2.75) is 19.4 Å². The summed E-state index contributed by atoms with van der Waals surface area (Å²) in [5.74, 6) is -0.652. The molecule has 2 amide bonds. The molecule has 142 valence electrons. The molecule has 0 radical (unpaired) electrons. The number of nitrogens with one attached hydrogen (secondary N) is 1. The van der Waals surface area contributed by atoms with Gasteiger partial charge in [-0.25, -0.2) is 4.98 Å². The maximum Gasteiger partial charge on any atom is 0.258 e. The van der Waals surface area contributed by atoms with Crippen LogP contribution in [0.3, 0.4) is 0 Å². The van der Waals surface area contributed by atoms with Crippen LogP contribution >= 0.6 is 23.2 Å². The Labute approximate surface area is 167 Å². The molecule has 1 saturated heterocycles. The lowest BCUT2D eigenvalue weighted by Gasteiger charge is -2.31. The van der Waals surface area contributed by atoms with Gasteiger partial charge in [-0.2, -0.15) is 0 Å². The Morgan fingerprint density at radius 2 is 1.93 bits per heavy atom. The predicted molar refractivity (Wildman–Crippen MR) is 106 cm³/mol. The van der Waals surface area contributed by atoms with Crippen LogP contribution in [0.4, 0.5) is 5.69 Å². The topological polar surface area (TPSA) is 88.3 Å². The average Bonchev–Trinajstić information content (AvgIpc) is 2.63. The monoisotopic (exact) mass is 406 g/mol. The number of hydrogen-bond acceptors (Lipinski definition) is 4. The van der Waals surface area contributed by atoms with Crippen LogP contribution in [0.1, 0.15) is 28.8 Å². The zero-order chi connectivity index (χ0) is 19.4. The van der Waals surface area contributed by atoms with Gasteiger partial charge >= 0.3 is 0 Å². The van der Waals surface area contributed by atoms with Gasteiger partial charge in [0.05, 0.1) is 11.5 Å². The SMILES string of the molecule is NC(=O)C1CCCN(Cc2ccc(NC(=O)c3ccc(Cl)nc3Cl)cc2)C1. The summed E-state index contributed by atoms with van der Waals surface area (Å²) in [6.45, 7) is 2.38. The van der Waals surface area contributed by atoms with E-state index in [0.29, 0.717) is 12.2 Å². The lowest BCUT2D eigenvalue weighted by molar-refractivity contribution is -0.123. The van der Waals surface area contributed by atoms with Crippen molar-refractivity contribution in [2.75, 3.05) is 18.4 Å². The van der Waals surface area contributed by atoms with Gasteiger partial charge in [0.25, 0.3) is 5.91 Å². The van der Waals surface area contributed by atoms with E-state index in [2.05, 4.69) is 15.2 Å². The van der Waals surface area contributed by atoms with E-state index in [0.717, 1.165) is 31.5 Å². The van der Waals surface area contributed by atoms with Crippen molar-refractivity contribution in [1.29, 1.82) is 0 Å². The van der Waals surface area contributed by atoms with Crippen LogP contribution in [0.25, 0.3) is 0 Å². The number of likely N-dealkylation sites (tertiary alicyclic amines) is 1. The Hall–Kier alpha value is -2.15. The molecule has 0 saturated carbocycles. The summed E-state index contributed by atoms with van der Waals surface area (Å²) in [6.07, 6.45) is 1.83. The van der Waals surface area contributed by atoms with Crippen LogP contribution in [0.15, 0.2) is 36.4 Å². The minimum Gasteiger partial charge on any atom is -0.369 e. The van der Waals surface area contributed by atoms with Crippen LogP contribution in [-0.4, -0.2) is 34.8 Å². The predicted octanol–water partition coefficient (Wildman–Crippen LogP) is 3.34. The third kappa shape index (κ3) is 5.19. The zero-order valence-corrected chi connectivity index (χ0v) is 16.1. The fraction of sp³-hybridized carbons (Fsp3) is 0.316. The average molecular weight is 407 g/mol. The van der Waals surface area contributed by atoms with Gasteiger partial charge in [-0.1, -0.05) is 35.3 Å². The number of nitrogens with two attached hydrogens (primary N) is 1. The Morgan fingerprint density at radius 3 is 2.59 bits per heavy atom. The molecule has 1 atom stereocenters. The van der Waals surface area contributed by atoms with Gasteiger partial charge in [0.2, 0.25) is 5.91 Å². The van der Waals surface area contributed by atoms with E-state index in [1.165, 1.54) is 12.1 Å². The van der Waals surface area contributed by atoms with Gasteiger partial charge in [-0.3, -0.25) is 14.5 Å². The molecule has 6 nitrogen and oxygen atoms in total. The molecule has 1 aliphatic heterocycles. The number of benzene rings is 1. The standard InChI is InChI=1S/C19H20Cl2N4O2/c20-16-8-7-15(17(21)24-16)19(27)23-14-5-3-12(4-6-14)10-25-9-1-2-13(11-25)18(22)26/h3-8,13H,1-2,9-11H2,(H2,22,26)(H,23,27). The summed E-state index contributed by atoms with van der Waals surface area (Å²) < 4.78 is 0. The van der Waals surface area contributed by atoms with Crippen LogP contribution in [0.2, 0.25) is 10.3 Å². The summed E-state index contributed by atoms with van der Waals surface area (Å²) >= 11 is 11.7. The molecule has 8 heteroatoms. The Morgan fingerprint density at radius 1 is 1.19 bits per heavy atom. The number of nitrogens with zero attached hydrogens (tertiary/aromatic N) is 2. The number of anilines is 1. The van der Waals surface area contributed by atoms with E-state index < -0.39 is 0 Å². The van der Waals surface area contributed by atoms with E-state index in [4.69, 9.17) is 28.9 Å². The second-order valence-corrected chi connectivity index (χ2v) is 7.35. The molecule has 1 aliphatic rings. The maximum absolute atomic E-state index is 12.3. The summed E-state index contributed by atoms with van der Waals surface area (Å²) in [6, 6.07) is 10.6. The van der Waals surface area contributed by atoms with Crippen molar-refractivity contribution in [3.63, 3.8) is 0 Å². The van der Waals surface area contributed by atoms with E-state index in [9.17, 15) is 9.59 Å². The normalized spacial score (nSPS) is 17.5. The lowest BCUT2D eigenvalue weighted by atomic mass is 9.97. The quantitative estimate of drug-likeness (QED) is 0.745. The second kappa shape index (κ2) is 8.69. The molecule has 1 unspecified atom stereocenters. The largest absolute Gasteiger partial charge is 0.369 e. The first-order chi connectivity index (χ1) is 12.9. The molecule has 1 aromatic carbocycles. The van der Waals surface area contributed by atoms with Crippen molar-refractivity contribution in [1.82, 2.24) is 9.88 Å². The van der Waals surface area contributed by atoms with E-state index in [1.807, 2.05) is 24.3 Å². The second-order valence-electron chi connectivity index (χ2n) is 6.60. The van der Waals surface area contributed by atoms with Crippen molar-refractivity contribution in [3.8, 4) is 0 Å². The molecule has 0 bridgehead atoms. The number of carbonyl (C=O) groups is 2. The maximum atomic E-state index is 12.3. The number of aromatic nitrogens is 1. The van der Waals surface area contributed by atoms with Crippen molar-refractivity contribution >= 4 is 40.7 Å². The molecule has 0 spiro atoms. The highest BCUT2D eigenvalue weighted by Gasteiger charge is 2.23. The Balaban J connectivity index is 1.60. The first-order valence-corrected chi connectivity index (χ1v) is 9.42. The van der Waals surface area contributed by atoms with Crippen molar-refractivity contribution < 1.29 is 9.59 Å². The van der Waals surface area contributed by atoms with Crippen LogP contribution in [0, 0.1) is 5.92 Å². The molecule has 3 N–H and O–H groups in total. The minimum atomic E-state index is -0.350. The van der Waals surface area contributed by atoms with Crippen LogP contribution in [0.5, 0.6) is 0 Å². The highest BCUT2D eigenvalue weighted by molar-refractivity contribution is 6.35. The van der Waals surface area contributed by atoms with E-state index >= 15 is 0 Å². The van der Waals surface area contributed by atoms with Crippen LogP contribution in [-0.2, 0) is 11.3 Å². The van der Waals surface area contributed by atoms with Gasteiger partial charge in [0.1, 0.15) is 10.3 Å². The third-order valence-electron chi connectivity index (χ3n) is 4.59. The number of primary amides is 1. The van der Waals surface area contributed by atoms with Gasteiger partial charge < -0.3 is 11.1 Å². The van der Waals surface area contributed by atoms with Gasteiger partial charge in [-0.15, -0.1) is 0 Å².